The van der Waals surface area contributed by atoms with Crippen molar-refractivity contribution in [2.24, 2.45) is 5.73 Å². The standard InChI is InChI=1S/C29H37F2N7O/c1-3-36(4-2)12-13-37-14-16-38(17-15-37)23-10-8-22(9-11-23)35-27-18-26(24(20-34-27)29(32)39)33-19-21-6-5-7-25(30)28(21)31/h5-11,18,20H,3-4,12-17,19H2,1-2H3,(H2,32,39)(H2,33,34,35). The van der Waals surface area contributed by atoms with Crippen LogP contribution in [0.5, 0.6) is 0 Å². The third kappa shape index (κ3) is 7.42. The van der Waals surface area contributed by atoms with Gasteiger partial charge in [-0.15, -0.1) is 0 Å². The van der Waals surface area contributed by atoms with Crippen LogP contribution in [0.25, 0.3) is 0 Å². The number of pyridine rings is 1. The van der Waals surface area contributed by atoms with Gasteiger partial charge in [0.15, 0.2) is 11.6 Å². The van der Waals surface area contributed by atoms with E-state index in [2.05, 4.69) is 56.3 Å². The Hall–Kier alpha value is -3.76. The van der Waals surface area contributed by atoms with E-state index in [9.17, 15) is 13.6 Å². The van der Waals surface area contributed by atoms with Crippen molar-refractivity contribution < 1.29 is 13.6 Å². The molecule has 0 atom stereocenters. The second kappa shape index (κ2) is 13.3. The van der Waals surface area contributed by atoms with Crippen LogP contribution in [0.2, 0.25) is 0 Å². The van der Waals surface area contributed by atoms with Crippen LogP contribution in [-0.2, 0) is 6.54 Å². The molecule has 4 rings (SSSR count). The van der Waals surface area contributed by atoms with E-state index < -0.39 is 17.5 Å². The van der Waals surface area contributed by atoms with Gasteiger partial charge in [-0.25, -0.2) is 13.8 Å². The summed E-state index contributed by atoms with van der Waals surface area (Å²) in [6, 6.07) is 13.7. The van der Waals surface area contributed by atoms with Crippen molar-refractivity contribution in [3.05, 3.63) is 77.5 Å². The van der Waals surface area contributed by atoms with Crippen LogP contribution in [0.15, 0.2) is 54.7 Å². The first-order valence-electron chi connectivity index (χ1n) is 13.4. The molecule has 0 radical (unpaired) electrons. The number of aromatic nitrogens is 1. The van der Waals surface area contributed by atoms with Crippen LogP contribution >= 0.6 is 0 Å². The van der Waals surface area contributed by atoms with E-state index in [1.54, 1.807) is 6.07 Å². The number of nitrogens with one attached hydrogen (secondary N) is 2. The second-order valence-electron chi connectivity index (χ2n) is 9.57. The lowest BCUT2D eigenvalue weighted by Gasteiger charge is -2.37. The molecule has 1 aromatic heterocycles. The van der Waals surface area contributed by atoms with Crippen molar-refractivity contribution in [3.63, 3.8) is 0 Å². The number of hydrogen-bond donors (Lipinski definition) is 3. The molecule has 0 unspecified atom stereocenters. The Kier molecular flexibility index (Phi) is 9.67. The highest BCUT2D eigenvalue weighted by molar-refractivity contribution is 5.98. The Morgan fingerprint density at radius 1 is 1.05 bits per heavy atom. The Balaban J connectivity index is 1.36. The molecular formula is C29H37F2N7O. The highest BCUT2D eigenvalue weighted by Gasteiger charge is 2.18. The number of carbonyl (C=O) groups is 1. The molecule has 1 amide bonds. The molecule has 0 spiro atoms. The fourth-order valence-corrected chi connectivity index (χ4v) is 4.70. The molecule has 2 aromatic carbocycles. The summed E-state index contributed by atoms with van der Waals surface area (Å²) in [6.45, 7) is 12.9. The number of primary amides is 1. The van der Waals surface area contributed by atoms with Gasteiger partial charge in [0, 0.05) is 75.0 Å². The number of nitrogens with two attached hydrogens (primary N) is 1. The molecule has 1 aliphatic rings. The van der Waals surface area contributed by atoms with Crippen molar-refractivity contribution in [3.8, 4) is 0 Å². The van der Waals surface area contributed by atoms with E-state index in [1.165, 1.54) is 24.0 Å². The highest BCUT2D eigenvalue weighted by atomic mass is 19.2. The van der Waals surface area contributed by atoms with Crippen LogP contribution in [-0.4, -0.2) is 73.0 Å². The SMILES string of the molecule is CCN(CC)CCN1CCN(c2ccc(Nc3cc(NCc4cccc(F)c4F)c(C(N)=O)cn3)cc2)CC1. The van der Waals surface area contributed by atoms with E-state index in [0.717, 1.165) is 64.1 Å². The Labute approximate surface area is 228 Å². The van der Waals surface area contributed by atoms with Crippen molar-refractivity contribution in [1.82, 2.24) is 14.8 Å². The zero-order chi connectivity index (χ0) is 27.8. The maximum atomic E-state index is 14.1. The van der Waals surface area contributed by atoms with Gasteiger partial charge in [0.05, 0.1) is 11.3 Å². The molecule has 0 saturated carbocycles. The van der Waals surface area contributed by atoms with Gasteiger partial charge in [-0.3, -0.25) is 9.69 Å². The molecule has 208 valence electrons. The van der Waals surface area contributed by atoms with Gasteiger partial charge in [-0.05, 0) is 43.4 Å². The lowest BCUT2D eigenvalue weighted by molar-refractivity contribution is 0.100. The largest absolute Gasteiger partial charge is 0.380 e. The van der Waals surface area contributed by atoms with Crippen LogP contribution in [0.4, 0.5) is 31.7 Å². The van der Waals surface area contributed by atoms with Crippen molar-refractivity contribution in [1.29, 1.82) is 0 Å². The Morgan fingerprint density at radius 3 is 2.44 bits per heavy atom. The van der Waals surface area contributed by atoms with E-state index >= 15 is 0 Å². The molecule has 1 aliphatic heterocycles. The number of nitrogens with zero attached hydrogens (tertiary/aromatic N) is 4. The van der Waals surface area contributed by atoms with Crippen LogP contribution in [0, 0.1) is 11.6 Å². The molecule has 4 N–H and O–H groups in total. The number of rotatable bonds is 12. The summed E-state index contributed by atoms with van der Waals surface area (Å²) in [5.74, 6) is -2.05. The normalized spacial score (nSPS) is 14.0. The van der Waals surface area contributed by atoms with E-state index in [-0.39, 0.29) is 17.7 Å². The summed E-state index contributed by atoms with van der Waals surface area (Å²) in [5.41, 5.74) is 8.16. The van der Waals surface area contributed by atoms with Gasteiger partial charge in [-0.1, -0.05) is 26.0 Å². The molecule has 8 nitrogen and oxygen atoms in total. The lowest BCUT2D eigenvalue weighted by Crippen LogP contribution is -2.48. The number of piperazine rings is 1. The van der Waals surface area contributed by atoms with Gasteiger partial charge in [0.25, 0.3) is 5.91 Å². The summed E-state index contributed by atoms with van der Waals surface area (Å²) in [5, 5.41) is 6.22. The number of hydrogen-bond acceptors (Lipinski definition) is 7. The minimum Gasteiger partial charge on any atom is -0.380 e. The summed E-state index contributed by atoms with van der Waals surface area (Å²) >= 11 is 0. The first-order chi connectivity index (χ1) is 18.9. The third-order valence-electron chi connectivity index (χ3n) is 7.17. The summed E-state index contributed by atoms with van der Waals surface area (Å²) in [7, 11) is 0. The first kappa shape index (κ1) is 28.3. The quantitative estimate of drug-likeness (QED) is 0.318. The summed E-state index contributed by atoms with van der Waals surface area (Å²) < 4.78 is 27.6. The number of amides is 1. The third-order valence-corrected chi connectivity index (χ3v) is 7.17. The van der Waals surface area contributed by atoms with Gasteiger partial charge in [-0.2, -0.15) is 0 Å². The molecule has 10 heteroatoms. The highest BCUT2D eigenvalue weighted by Crippen LogP contribution is 2.25. The fraction of sp³-hybridized carbons (Fsp3) is 0.379. The van der Waals surface area contributed by atoms with Gasteiger partial charge >= 0.3 is 0 Å². The molecule has 39 heavy (non-hydrogen) atoms. The van der Waals surface area contributed by atoms with Crippen LogP contribution in [0.3, 0.4) is 0 Å². The van der Waals surface area contributed by atoms with Gasteiger partial charge in [0.2, 0.25) is 0 Å². The molecule has 1 fully saturated rings. The van der Waals surface area contributed by atoms with Crippen LogP contribution < -0.4 is 21.3 Å². The zero-order valence-electron chi connectivity index (χ0n) is 22.6. The van der Waals surface area contributed by atoms with Crippen molar-refractivity contribution in [2.45, 2.75) is 20.4 Å². The second-order valence-corrected chi connectivity index (χ2v) is 9.57. The van der Waals surface area contributed by atoms with E-state index in [4.69, 9.17) is 5.73 Å². The van der Waals surface area contributed by atoms with Crippen molar-refractivity contribution >= 4 is 28.8 Å². The molecule has 3 aromatic rings. The number of benzene rings is 2. The Bertz CT molecular complexity index is 1240. The first-order valence-corrected chi connectivity index (χ1v) is 13.4. The van der Waals surface area contributed by atoms with Crippen molar-refractivity contribution in [2.75, 3.05) is 67.9 Å². The predicted molar refractivity (Wildman–Crippen MR) is 153 cm³/mol. The smallest absolute Gasteiger partial charge is 0.252 e. The maximum absolute atomic E-state index is 14.1. The minimum absolute atomic E-state index is 0.0231. The van der Waals surface area contributed by atoms with Crippen LogP contribution in [0.1, 0.15) is 29.8 Å². The minimum atomic E-state index is -0.931. The number of anilines is 4. The number of likely N-dealkylation sites (N-methyl/N-ethyl adjacent to an activating group) is 1. The predicted octanol–water partition coefficient (Wildman–Crippen LogP) is 4.28. The summed E-state index contributed by atoms with van der Waals surface area (Å²) in [4.78, 5) is 23.6. The van der Waals surface area contributed by atoms with Gasteiger partial charge in [0.1, 0.15) is 5.82 Å². The molecule has 1 saturated heterocycles. The van der Waals surface area contributed by atoms with E-state index in [1.807, 2.05) is 12.1 Å². The zero-order valence-corrected chi connectivity index (χ0v) is 22.6. The Morgan fingerprint density at radius 2 is 1.77 bits per heavy atom. The molecule has 0 bridgehead atoms. The lowest BCUT2D eigenvalue weighted by atomic mass is 10.1. The van der Waals surface area contributed by atoms with E-state index in [0.29, 0.717) is 11.5 Å². The monoisotopic (exact) mass is 537 g/mol. The number of carbonyl (C=O) groups excluding carboxylic acids is 1. The maximum Gasteiger partial charge on any atom is 0.252 e. The average molecular weight is 538 g/mol. The molecule has 2 heterocycles. The average Bonchev–Trinajstić information content (AvgIpc) is 2.95. The van der Waals surface area contributed by atoms with Gasteiger partial charge < -0.3 is 26.2 Å². The summed E-state index contributed by atoms with van der Waals surface area (Å²) in [6.07, 6.45) is 1.36. The topological polar surface area (TPSA) is 89.8 Å². The molecular weight excluding hydrogens is 500 g/mol. The number of halogens is 2. The fourth-order valence-electron chi connectivity index (χ4n) is 4.70. The molecule has 0 aliphatic carbocycles.